The van der Waals surface area contributed by atoms with E-state index >= 15 is 0 Å². The molecule has 4 atom stereocenters. The van der Waals surface area contributed by atoms with Crippen molar-refractivity contribution >= 4 is 5.91 Å². The Morgan fingerprint density at radius 3 is 1.38 bits per heavy atom. The summed E-state index contributed by atoms with van der Waals surface area (Å²) in [4.78, 5) is 12.4. The molecule has 0 aromatic carbocycles. The number of nitrogens with one attached hydrogen (secondary N) is 1. The summed E-state index contributed by atoms with van der Waals surface area (Å²) in [7, 11) is 0. The predicted octanol–water partition coefficient (Wildman–Crippen LogP) is 9.56. The number of unbranched alkanes of at least 4 members (excludes halogenated alkanes) is 17. The number of carbonyl (C=O) groups excluding carboxylic acids is 1. The number of hydrogen-bond donors (Lipinski definition) is 5. The van der Waals surface area contributed by atoms with E-state index in [2.05, 4.69) is 67.8 Å². The Balaban J connectivity index is 3.90. The smallest absolute Gasteiger partial charge is 0.249 e. The zero-order valence-electron chi connectivity index (χ0n) is 30.5. The van der Waals surface area contributed by atoms with Crippen molar-refractivity contribution in [1.82, 2.24) is 5.32 Å². The van der Waals surface area contributed by atoms with Crippen LogP contribution >= 0.6 is 0 Å². The van der Waals surface area contributed by atoms with Gasteiger partial charge >= 0.3 is 0 Å². The van der Waals surface area contributed by atoms with E-state index in [1.807, 2.05) is 0 Å². The maximum Gasteiger partial charge on any atom is 0.249 e. The van der Waals surface area contributed by atoms with Gasteiger partial charge in [-0.1, -0.05) is 133 Å². The molecular formula is C41H75NO5. The Morgan fingerprint density at radius 1 is 0.511 bits per heavy atom. The third-order valence-corrected chi connectivity index (χ3v) is 8.72. The zero-order valence-corrected chi connectivity index (χ0v) is 30.5. The first-order valence-electron chi connectivity index (χ1n) is 19.5. The summed E-state index contributed by atoms with van der Waals surface area (Å²) in [5, 5.41) is 43.4. The summed E-state index contributed by atoms with van der Waals surface area (Å²) >= 11 is 0. The van der Waals surface area contributed by atoms with Crippen molar-refractivity contribution in [2.24, 2.45) is 0 Å². The molecule has 6 heteroatoms. The normalized spacial score (nSPS) is 14.9. The van der Waals surface area contributed by atoms with Crippen LogP contribution in [-0.2, 0) is 4.79 Å². The first kappa shape index (κ1) is 45.3. The number of rotatable bonds is 34. The molecule has 0 rings (SSSR count). The maximum atomic E-state index is 12.4. The lowest BCUT2D eigenvalue weighted by molar-refractivity contribution is -0.132. The number of hydrogen-bond acceptors (Lipinski definition) is 5. The number of aliphatic hydroxyl groups is 4. The van der Waals surface area contributed by atoms with E-state index < -0.39 is 36.9 Å². The second-order valence-corrected chi connectivity index (χ2v) is 13.2. The second-order valence-electron chi connectivity index (χ2n) is 13.2. The summed E-state index contributed by atoms with van der Waals surface area (Å²) in [5.74, 6) is -0.613. The third kappa shape index (κ3) is 30.1. The molecule has 0 aromatic heterocycles. The molecule has 274 valence electrons. The molecule has 0 spiro atoms. The Hall–Kier alpha value is -1.73. The third-order valence-electron chi connectivity index (χ3n) is 8.72. The van der Waals surface area contributed by atoms with Crippen molar-refractivity contribution in [2.75, 3.05) is 6.61 Å². The molecule has 0 saturated carbocycles. The summed E-state index contributed by atoms with van der Waals surface area (Å²) < 4.78 is 0. The van der Waals surface area contributed by atoms with Crippen LogP contribution in [0.3, 0.4) is 0 Å². The largest absolute Gasteiger partial charge is 0.394 e. The molecule has 0 aliphatic carbocycles. The molecule has 0 aliphatic rings. The molecule has 0 bridgehead atoms. The fourth-order valence-corrected chi connectivity index (χ4v) is 5.55. The SMILES string of the molecule is CCCCC/C=C\CCCCCCC(O)C(=O)NC(CO)C(O)C(O)CCC/C=C/CC/C=C/CC/C=C/CCCCCCCCC. The van der Waals surface area contributed by atoms with Crippen LogP contribution in [-0.4, -0.2) is 57.3 Å². The van der Waals surface area contributed by atoms with Gasteiger partial charge in [-0.2, -0.15) is 0 Å². The van der Waals surface area contributed by atoms with Gasteiger partial charge in [0, 0.05) is 0 Å². The van der Waals surface area contributed by atoms with Crippen molar-refractivity contribution in [3.05, 3.63) is 48.6 Å². The highest BCUT2D eigenvalue weighted by molar-refractivity contribution is 5.80. The van der Waals surface area contributed by atoms with Crippen molar-refractivity contribution in [1.29, 1.82) is 0 Å². The average Bonchev–Trinajstić information content (AvgIpc) is 3.07. The minimum absolute atomic E-state index is 0.342. The van der Waals surface area contributed by atoms with Gasteiger partial charge in [0.1, 0.15) is 12.2 Å². The van der Waals surface area contributed by atoms with E-state index in [9.17, 15) is 25.2 Å². The zero-order chi connectivity index (χ0) is 34.6. The monoisotopic (exact) mass is 662 g/mol. The van der Waals surface area contributed by atoms with Gasteiger partial charge in [-0.3, -0.25) is 4.79 Å². The number of aliphatic hydroxyl groups excluding tert-OH is 4. The van der Waals surface area contributed by atoms with Gasteiger partial charge in [0.15, 0.2) is 0 Å². The van der Waals surface area contributed by atoms with Gasteiger partial charge in [-0.15, -0.1) is 0 Å². The van der Waals surface area contributed by atoms with Crippen molar-refractivity contribution in [2.45, 2.75) is 199 Å². The first-order valence-corrected chi connectivity index (χ1v) is 19.5. The summed E-state index contributed by atoms with van der Waals surface area (Å²) in [6.07, 6.45) is 41.4. The average molecular weight is 662 g/mol. The summed E-state index contributed by atoms with van der Waals surface area (Å²) in [6.45, 7) is 3.97. The van der Waals surface area contributed by atoms with E-state index in [1.54, 1.807) is 0 Å². The molecule has 0 heterocycles. The maximum absolute atomic E-state index is 12.4. The van der Waals surface area contributed by atoms with Crippen molar-refractivity contribution in [3.8, 4) is 0 Å². The molecule has 0 saturated heterocycles. The topological polar surface area (TPSA) is 110 Å². The summed E-state index contributed by atoms with van der Waals surface area (Å²) in [6, 6.07) is -1.01. The molecule has 6 nitrogen and oxygen atoms in total. The second kappa shape index (κ2) is 35.6. The van der Waals surface area contributed by atoms with Crippen LogP contribution in [0, 0.1) is 0 Å². The molecule has 4 unspecified atom stereocenters. The van der Waals surface area contributed by atoms with Crippen LogP contribution in [0.1, 0.15) is 174 Å². The lowest BCUT2D eigenvalue weighted by atomic mass is 10.00. The van der Waals surface area contributed by atoms with E-state index in [-0.39, 0.29) is 0 Å². The molecule has 1 amide bonds. The molecule has 0 fully saturated rings. The molecule has 0 aromatic rings. The van der Waals surface area contributed by atoms with Crippen LogP contribution in [0.25, 0.3) is 0 Å². The highest BCUT2D eigenvalue weighted by Crippen LogP contribution is 2.13. The quantitative estimate of drug-likeness (QED) is 0.0349. The van der Waals surface area contributed by atoms with E-state index in [4.69, 9.17) is 0 Å². The van der Waals surface area contributed by atoms with Crippen LogP contribution < -0.4 is 5.32 Å². The molecule has 47 heavy (non-hydrogen) atoms. The number of amides is 1. The van der Waals surface area contributed by atoms with Crippen LogP contribution in [0.4, 0.5) is 0 Å². The fraction of sp³-hybridized carbons (Fsp3) is 0.780. The standard InChI is InChI=1S/C41H75NO5/c1-3-5-7-9-11-13-15-16-17-18-19-20-21-22-23-25-26-28-30-32-34-38(44)40(46)37(36-43)42-41(47)39(45)35-33-31-29-27-24-14-12-10-8-6-4-2/h12,14,17-18,21-22,26,28,37-40,43-46H,3-11,13,15-16,19-20,23-25,27,29-36H2,1-2H3,(H,42,47)/b14-12-,18-17+,22-21+,28-26+. The molecular weight excluding hydrogens is 586 g/mol. The highest BCUT2D eigenvalue weighted by atomic mass is 16.3. The van der Waals surface area contributed by atoms with Crippen LogP contribution in [0.5, 0.6) is 0 Å². The van der Waals surface area contributed by atoms with Gasteiger partial charge in [-0.25, -0.2) is 0 Å². The van der Waals surface area contributed by atoms with Crippen LogP contribution in [0.2, 0.25) is 0 Å². The summed E-state index contributed by atoms with van der Waals surface area (Å²) in [5.41, 5.74) is 0. The Morgan fingerprint density at radius 2 is 0.894 bits per heavy atom. The Kier molecular flexibility index (Phi) is 34.3. The lowest BCUT2D eigenvalue weighted by Crippen LogP contribution is -2.53. The Bertz CT molecular complexity index is 793. The Labute approximate surface area is 289 Å². The molecule has 5 N–H and O–H groups in total. The van der Waals surface area contributed by atoms with Crippen LogP contribution in [0.15, 0.2) is 48.6 Å². The number of carbonyl (C=O) groups is 1. The molecule has 0 radical (unpaired) electrons. The van der Waals surface area contributed by atoms with Gasteiger partial charge in [0.05, 0.1) is 18.8 Å². The van der Waals surface area contributed by atoms with E-state index in [0.717, 1.165) is 70.6 Å². The minimum atomic E-state index is -1.30. The minimum Gasteiger partial charge on any atom is -0.394 e. The predicted molar refractivity (Wildman–Crippen MR) is 200 cm³/mol. The van der Waals surface area contributed by atoms with Crippen molar-refractivity contribution in [3.63, 3.8) is 0 Å². The van der Waals surface area contributed by atoms with E-state index in [0.29, 0.717) is 19.3 Å². The van der Waals surface area contributed by atoms with Crippen molar-refractivity contribution < 1.29 is 25.2 Å². The van der Waals surface area contributed by atoms with Gasteiger partial charge in [-0.05, 0) is 89.9 Å². The first-order chi connectivity index (χ1) is 23.0. The van der Waals surface area contributed by atoms with Gasteiger partial charge in [0.2, 0.25) is 5.91 Å². The van der Waals surface area contributed by atoms with Gasteiger partial charge < -0.3 is 25.7 Å². The number of allylic oxidation sites excluding steroid dienone is 8. The lowest BCUT2D eigenvalue weighted by Gasteiger charge is -2.27. The van der Waals surface area contributed by atoms with Gasteiger partial charge in [0.25, 0.3) is 0 Å². The fourth-order valence-electron chi connectivity index (χ4n) is 5.55. The van der Waals surface area contributed by atoms with E-state index in [1.165, 1.54) is 70.6 Å². The highest BCUT2D eigenvalue weighted by Gasteiger charge is 2.28. The molecule has 0 aliphatic heterocycles.